The lowest BCUT2D eigenvalue weighted by Gasteiger charge is -2.42. The zero-order chi connectivity index (χ0) is 15.8. The fourth-order valence-corrected chi connectivity index (χ4v) is 3.60. The van der Waals surface area contributed by atoms with E-state index in [1.165, 1.54) is 11.3 Å². The zero-order valence-corrected chi connectivity index (χ0v) is 13.4. The number of hydrogen-bond donors (Lipinski definition) is 1. The highest BCUT2D eigenvalue weighted by atomic mass is 15.3. The molecule has 0 aliphatic carbocycles. The predicted octanol–water partition coefficient (Wildman–Crippen LogP) is 1.94. The van der Waals surface area contributed by atoms with Crippen LogP contribution in [0.1, 0.15) is 11.1 Å². The average molecular weight is 306 g/mol. The third-order valence-corrected chi connectivity index (χ3v) is 4.81. The number of para-hydroxylation sites is 1. The van der Waals surface area contributed by atoms with Crippen LogP contribution in [0.25, 0.3) is 0 Å². The highest BCUT2D eigenvalue weighted by molar-refractivity contribution is 6.16. The van der Waals surface area contributed by atoms with Gasteiger partial charge in [-0.25, -0.2) is 0 Å². The van der Waals surface area contributed by atoms with Crippen molar-refractivity contribution in [2.24, 2.45) is 10.7 Å². The Morgan fingerprint density at radius 1 is 1.00 bits per heavy atom. The van der Waals surface area contributed by atoms with Gasteiger partial charge in [-0.1, -0.05) is 48.5 Å². The van der Waals surface area contributed by atoms with Crippen LogP contribution >= 0.6 is 0 Å². The number of piperazine rings is 1. The van der Waals surface area contributed by atoms with Crippen LogP contribution in [0.4, 0.5) is 5.69 Å². The number of rotatable bonds is 1. The average Bonchev–Trinajstić information content (AvgIpc) is 2.71. The van der Waals surface area contributed by atoms with Gasteiger partial charge in [0.2, 0.25) is 0 Å². The van der Waals surface area contributed by atoms with Crippen molar-refractivity contribution in [2.75, 3.05) is 31.6 Å². The molecule has 4 nitrogen and oxygen atoms in total. The maximum absolute atomic E-state index is 6.50. The number of hydrogen-bond acceptors (Lipinski definition) is 4. The lowest BCUT2D eigenvalue weighted by atomic mass is 10.00. The molecule has 4 heteroatoms. The minimum atomic E-state index is -0.222. The second-order valence-electron chi connectivity index (χ2n) is 6.37. The molecule has 2 aromatic rings. The minimum Gasteiger partial charge on any atom is -0.362 e. The van der Waals surface area contributed by atoms with Crippen molar-refractivity contribution in [3.63, 3.8) is 0 Å². The van der Waals surface area contributed by atoms with Crippen LogP contribution in [0.5, 0.6) is 0 Å². The first-order valence-corrected chi connectivity index (χ1v) is 8.17. The third kappa shape index (κ3) is 2.54. The molecule has 1 fully saturated rings. The summed E-state index contributed by atoms with van der Waals surface area (Å²) in [6.45, 7) is 2.99. The third-order valence-electron chi connectivity index (χ3n) is 4.81. The van der Waals surface area contributed by atoms with E-state index in [1.807, 2.05) is 6.07 Å². The van der Waals surface area contributed by atoms with E-state index in [4.69, 9.17) is 10.7 Å². The van der Waals surface area contributed by atoms with Crippen molar-refractivity contribution in [3.8, 4) is 0 Å². The van der Waals surface area contributed by atoms with Gasteiger partial charge < -0.3 is 15.5 Å². The summed E-state index contributed by atoms with van der Waals surface area (Å²) >= 11 is 0. The highest BCUT2D eigenvalue weighted by Crippen LogP contribution is 2.31. The number of aliphatic imine (C=N–C) groups is 1. The number of benzene rings is 2. The van der Waals surface area contributed by atoms with E-state index in [2.05, 4.69) is 65.4 Å². The molecule has 2 aromatic carbocycles. The van der Waals surface area contributed by atoms with Crippen LogP contribution < -0.4 is 10.6 Å². The number of fused-ring (bicyclic) bond motifs is 3. The van der Waals surface area contributed by atoms with E-state index in [-0.39, 0.29) is 12.2 Å². The van der Waals surface area contributed by atoms with E-state index in [1.54, 1.807) is 0 Å². The van der Waals surface area contributed by atoms with Crippen LogP contribution in [0.3, 0.4) is 0 Å². The highest BCUT2D eigenvalue weighted by Gasteiger charge is 2.34. The topological polar surface area (TPSA) is 44.9 Å². The molecule has 4 rings (SSSR count). The lowest BCUT2D eigenvalue weighted by molar-refractivity contribution is 0.251. The van der Waals surface area contributed by atoms with Gasteiger partial charge >= 0.3 is 0 Å². The van der Waals surface area contributed by atoms with Crippen molar-refractivity contribution in [1.82, 2.24) is 4.90 Å². The van der Waals surface area contributed by atoms with Gasteiger partial charge in [0.05, 0.1) is 11.8 Å². The fourth-order valence-electron chi connectivity index (χ4n) is 3.60. The Kier molecular flexibility index (Phi) is 3.63. The molecule has 0 radical (unpaired) electrons. The van der Waals surface area contributed by atoms with Gasteiger partial charge in [-0.2, -0.15) is 0 Å². The van der Waals surface area contributed by atoms with Gasteiger partial charge in [0.15, 0.2) is 0 Å². The second-order valence-corrected chi connectivity index (χ2v) is 6.37. The Balaban J connectivity index is 1.88. The summed E-state index contributed by atoms with van der Waals surface area (Å²) in [5.41, 5.74) is 11.1. The van der Waals surface area contributed by atoms with Gasteiger partial charge in [-0.05, 0) is 13.1 Å². The number of nitrogens with two attached hydrogens (primary N) is 1. The summed E-state index contributed by atoms with van der Waals surface area (Å²) in [6, 6.07) is 19.1. The van der Waals surface area contributed by atoms with Crippen molar-refractivity contribution in [3.05, 3.63) is 65.7 Å². The zero-order valence-electron chi connectivity index (χ0n) is 13.4. The quantitative estimate of drug-likeness (QED) is 0.876. The largest absolute Gasteiger partial charge is 0.362 e. The SMILES string of the molecule is CN1CCN2c3ccccc3C(c3ccccc3)=NC(N)C2C1. The van der Waals surface area contributed by atoms with Gasteiger partial charge in [-0.15, -0.1) is 0 Å². The maximum Gasteiger partial charge on any atom is 0.119 e. The van der Waals surface area contributed by atoms with Gasteiger partial charge in [-0.3, -0.25) is 4.99 Å². The van der Waals surface area contributed by atoms with Crippen molar-refractivity contribution in [1.29, 1.82) is 0 Å². The molecule has 2 atom stereocenters. The van der Waals surface area contributed by atoms with Crippen molar-refractivity contribution in [2.45, 2.75) is 12.2 Å². The molecular formula is C19H22N4. The van der Waals surface area contributed by atoms with E-state index >= 15 is 0 Å². The molecule has 0 spiro atoms. The minimum absolute atomic E-state index is 0.219. The van der Waals surface area contributed by atoms with Gasteiger partial charge in [0.25, 0.3) is 0 Å². The van der Waals surface area contributed by atoms with E-state index in [9.17, 15) is 0 Å². The molecule has 2 N–H and O–H groups in total. The smallest absolute Gasteiger partial charge is 0.119 e. The summed E-state index contributed by atoms with van der Waals surface area (Å²) in [6.07, 6.45) is -0.222. The van der Waals surface area contributed by atoms with Crippen molar-refractivity contribution < 1.29 is 0 Å². The summed E-state index contributed by atoms with van der Waals surface area (Å²) in [5.74, 6) is 0. The van der Waals surface area contributed by atoms with Crippen LogP contribution in [0.15, 0.2) is 59.6 Å². The molecule has 1 saturated heterocycles. The Hall–Kier alpha value is -2.17. The summed E-state index contributed by atoms with van der Waals surface area (Å²) < 4.78 is 0. The van der Waals surface area contributed by atoms with Crippen LogP contribution in [-0.2, 0) is 0 Å². The maximum atomic E-state index is 6.50. The van der Waals surface area contributed by atoms with Crippen LogP contribution in [0, 0.1) is 0 Å². The lowest BCUT2D eigenvalue weighted by Crippen LogP contribution is -2.58. The van der Waals surface area contributed by atoms with Gasteiger partial charge in [0, 0.05) is 36.4 Å². The molecule has 2 heterocycles. The first-order chi connectivity index (χ1) is 11.2. The summed E-state index contributed by atoms with van der Waals surface area (Å²) in [4.78, 5) is 9.72. The molecular weight excluding hydrogens is 284 g/mol. The Morgan fingerprint density at radius 2 is 1.74 bits per heavy atom. The number of likely N-dealkylation sites (N-methyl/N-ethyl adjacent to an activating group) is 1. The Labute approximate surface area is 137 Å². The molecule has 2 aliphatic heterocycles. The first-order valence-electron chi connectivity index (χ1n) is 8.17. The predicted molar refractivity (Wildman–Crippen MR) is 95.1 cm³/mol. The monoisotopic (exact) mass is 306 g/mol. The Bertz CT molecular complexity index is 725. The van der Waals surface area contributed by atoms with E-state index in [0.717, 1.165) is 30.9 Å². The molecule has 2 aliphatic rings. The van der Waals surface area contributed by atoms with Crippen molar-refractivity contribution >= 4 is 11.4 Å². The molecule has 0 amide bonds. The number of anilines is 1. The normalized spacial score (nSPS) is 24.4. The molecule has 2 unspecified atom stereocenters. The summed E-state index contributed by atoms with van der Waals surface area (Å²) in [7, 11) is 2.16. The summed E-state index contributed by atoms with van der Waals surface area (Å²) in [5, 5.41) is 0. The molecule has 0 bridgehead atoms. The molecule has 0 aromatic heterocycles. The standard InChI is InChI=1S/C19H22N4/c1-22-11-12-23-16-10-6-5-9-15(16)18(14-7-3-2-4-8-14)21-19(20)17(23)13-22/h2-10,17,19H,11-13,20H2,1H3. The fraction of sp³-hybridized carbons (Fsp3) is 0.316. The number of nitrogens with zero attached hydrogens (tertiary/aromatic N) is 3. The molecule has 23 heavy (non-hydrogen) atoms. The van der Waals surface area contributed by atoms with Crippen LogP contribution in [-0.4, -0.2) is 49.5 Å². The molecule has 0 saturated carbocycles. The first kappa shape index (κ1) is 14.4. The Morgan fingerprint density at radius 3 is 2.57 bits per heavy atom. The van der Waals surface area contributed by atoms with Crippen LogP contribution in [0.2, 0.25) is 0 Å². The van der Waals surface area contributed by atoms with Gasteiger partial charge in [0.1, 0.15) is 6.17 Å². The molecule has 118 valence electrons. The van der Waals surface area contributed by atoms with E-state index < -0.39 is 0 Å². The second kappa shape index (κ2) is 5.80. The van der Waals surface area contributed by atoms with E-state index in [0.29, 0.717) is 0 Å².